The third-order valence-corrected chi connectivity index (χ3v) is 4.50. The van der Waals surface area contributed by atoms with E-state index in [1.807, 2.05) is 0 Å². The van der Waals surface area contributed by atoms with Gasteiger partial charge in [-0.2, -0.15) is 0 Å². The molecule has 0 aliphatic carbocycles. The molecule has 0 fully saturated rings. The van der Waals surface area contributed by atoms with Crippen molar-refractivity contribution in [3.8, 4) is 0 Å². The van der Waals surface area contributed by atoms with Crippen LogP contribution in [0.2, 0.25) is 0 Å². The van der Waals surface area contributed by atoms with Crippen LogP contribution in [-0.4, -0.2) is 27.1 Å². The van der Waals surface area contributed by atoms with Gasteiger partial charge in [-0.1, -0.05) is 6.07 Å². The van der Waals surface area contributed by atoms with Gasteiger partial charge in [0, 0.05) is 19.0 Å². The van der Waals surface area contributed by atoms with Gasteiger partial charge in [0.2, 0.25) is 15.9 Å². The fraction of sp³-hybridized carbons (Fsp3) is 0.188. The molecule has 5 nitrogen and oxygen atoms in total. The molecule has 0 unspecified atom stereocenters. The molecule has 0 atom stereocenters. The highest BCUT2D eigenvalue weighted by Crippen LogP contribution is 2.25. The predicted octanol–water partition coefficient (Wildman–Crippen LogP) is 3.04. The summed E-state index contributed by atoms with van der Waals surface area (Å²) in [5.41, 5.74) is -1.12. The van der Waals surface area contributed by atoms with Crippen molar-refractivity contribution < 1.29 is 30.8 Å². The molecule has 0 radical (unpaired) electrons. The van der Waals surface area contributed by atoms with E-state index in [1.165, 1.54) is 0 Å². The van der Waals surface area contributed by atoms with E-state index in [9.17, 15) is 30.8 Å². The zero-order valence-electron chi connectivity index (χ0n) is 13.5. The number of halogens is 4. The second-order valence-corrected chi connectivity index (χ2v) is 7.23. The smallest absolute Gasteiger partial charge is 0.232 e. The first-order valence-electron chi connectivity index (χ1n) is 7.26. The number of para-hydroxylation sites is 1. The van der Waals surface area contributed by atoms with Crippen LogP contribution in [0.25, 0.3) is 0 Å². The number of hydrogen-bond acceptors (Lipinski definition) is 3. The molecule has 0 aromatic heterocycles. The first kappa shape index (κ1) is 19.7. The lowest BCUT2D eigenvalue weighted by Gasteiger charge is -2.23. The maximum atomic E-state index is 13.9. The summed E-state index contributed by atoms with van der Waals surface area (Å²) in [4.78, 5) is 11.9. The summed E-state index contributed by atoms with van der Waals surface area (Å²) in [6.45, 7) is -0.578. The predicted molar refractivity (Wildman–Crippen MR) is 88.2 cm³/mol. The summed E-state index contributed by atoms with van der Waals surface area (Å²) in [7, 11) is -4.10. The molecule has 1 amide bonds. The molecule has 0 aliphatic heterocycles. The lowest BCUT2D eigenvalue weighted by Crippen LogP contribution is -2.34. The highest BCUT2D eigenvalue weighted by Gasteiger charge is 2.25. The number of nitrogens with zero attached hydrogens (tertiary/aromatic N) is 1. The van der Waals surface area contributed by atoms with Crippen LogP contribution in [0.1, 0.15) is 6.42 Å². The summed E-state index contributed by atoms with van der Waals surface area (Å²) >= 11 is 0. The van der Waals surface area contributed by atoms with Crippen molar-refractivity contribution in [3.63, 3.8) is 0 Å². The van der Waals surface area contributed by atoms with Gasteiger partial charge in [-0.3, -0.25) is 9.10 Å². The third kappa shape index (κ3) is 4.72. The van der Waals surface area contributed by atoms with Crippen LogP contribution in [0.15, 0.2) is 36.4 Å². The third-order valence-electron chi connectivity index (χ3n) is 3.33. The molecule has 2 aromatic rings. The van der Waals surface area contributed by atoms with E-state index in [2.05, 4.69) is 5.32 Å². The molecular formula is C16H14F4N2O3S. The monoisotopic (exact) mass is 390 g/mol. The van der Waals surface area contributed by atoms with Gasteiger partial charge in [-0.05, 0) is 24.3 Å². The van der Waals surface area contributed by atoms with Gasteiger partial charge in [-0.15, -0.1) is 0 Å². The molecule has 26 heavy (non-hydrogen) atoms. The zero-order valence-corrected chi connectivity index (χ0v) is 14.3. The van der Waals surface area contributed by atoms with Crippen molar-refractivity contribution in [1.82, 2.24) is 0 Å². The molecule has 140 valence electrons. The average Bonchev–Trinajstić information content (AvgIpc) is 2.51. The van der Waals surface area contributed by atoms with Crippen LogP contribution < -0.4 is 9.62 Å². The normalized spacial score (nSPS) is 11.3. The molecule has 0 bridgehead atoms. The van der Waals surface area contributed by atoms with E-state index in [-0.39, 0.29) is 5.69 Å². The zero-order chi connectivity index (χ0) is 19.5. The second-order valence-electron chi connectivity index (χ2n) is 5.33. The van der Waals surface area contributed by atoms with Crippen LogP contribution in [-0.2, 0) is 14.8 Å². The van der Waals surface area contributed by atoms with E-state index in [1.54, 1.807) is 0 Å². The highest BCUT2D eigenvalue weighted by atomic mass is 32.2. The van der Waals surface area contributed by atoms with Crippen LogP contribution in [0.5, 0.6) is 0 Å². The van der Waals surface area contributed by atoms with Crippen LogP contribution >= 0.6 is 0 Å². The van der Waals surface area contributed by atoms with Crippen LogP contribution in [0.4, 0.5) is 28.9 Å². The Morgan fingerprint density at radius 2 is 1.65 bits per heavy atom. The van der Waals surface area contributed by atoms with Gasteiger partial charge in [0.25, 0.3) is 0 Å². The molecule has 0 aliphatic rings. The number of anilines is 2. The first-order valence-corrected chi connectivity index (χ1v) is 9.11. The summed E-state index contributed by atoms with van der Waals surface area (Å²) in [6, 6.07) is 5.31. The van der Waals surface area contributed by atoms with Crippen molar-refractivity contribution in [3.05, 3.63) is 59.7 Å². The van der Waals surface area contributed by atoms with E-state index >= 15 is 0 Å². The van der Waals surface area contributed by atoms with Crippen molar-refractivity contribution >= 4 is 27.3 Å². The minimum atomic E-state index is -4.10. The minimum Gasteiger partial charge on any atom is -0.324 e. The van der Waals surface area contributed by atoms with Crippen molar-refractivity contribution in [1.29, 1.82) is 0 Å². The van der Waals surface area contributed by atoms with Gasteiger partial charge in [0.15, 0.2) is 11.6 Å². The largest absolute Gasteiger partial charge is 0.324 e. The molecular weight excluding hydrogens is 376 g/mol. The summed E-state index contributed by atoms with van der Waals surface area (Å²) in [5.74, 6) is -4.89. The Hall–Kier alpha value is -2.62. The summed E-state index contributed by atoms with van der Waals surface area (Å²) < 4.78 is 78.2. The number of carbonyl (C=O) groups is 1. The quantitative estimate of drug-likeness (QED) is 0.771. The average molecular weight is 390 g/mol. The number of nitrogens with one attached hydrogen (secondary N) is 1. The van der Waals surface area contributed by atoms with E-state index in [4.69, 9.17) is 0 Å². The number of amides is 1. The number of sulfonamides is 1. The Morgan fingerprint density at radius 3 is 2.19 bits per heavy atom. The SMILES string of the molecule is CS(=O)(=O)N(CCC(=O)Nc1ccc(F)cc1F)c1c(F)cccc1F. The van der Waals surface area contributed by atoms with Crippen LogP contribution in [0, 0.1) is 23.3 Å². The Kier molecular flexibility index (Phi) is 5.86. The van der Waals surface area contributed by atoms with E-state index < -0.39 is 57.9 Å². The van der Waals surface area contributed by atoms with Gasteiger partial charge in [-0.25, -0.2) is 26.0 Å². The summed E-state index contributed by atoms with van der Waals surface area (Å²) in [5, 5.41) is 2.14. The van der Waals surface area contributed by atoms with E-state index in [0.29, 0.717) is 10.4 Å². The molecule has 0 spiro atoms. The molecule has 10 heteroatoms. The maximum absolute atomic E-state index is 13.9. The van der Waals surface area contributed by atoms with Crippen molar-refractivity contribution in [2.24, 2.45) is 0 Å². The van der Waals surface area contributed by atoms with E-state index in [0.717, 1.165) is 36.6 Å². The van der Waals surface area contributed by atoms with Gasteiger partial charge < -0.3 is 5.32 Å². The number of benzene rings is 2. The topological polar surface area (TPSA) is 66.5 Å². The molecule has 0 saturated heterocycles. The Bertz CT molecular complexity index is 915. The maximum Gasteiger partial charge on any atom is 0.232 e. The second kappa shape index (κ2) is 7.73. The Balaban J connectivity index is 2.16. The minimum absolute atomic E-state index is 0.306. The number of carbonyl (C=O) groups excluding carboxylic acids is 1. The van der Waals surface area contributed by atoms with Crippen LogP contribution in [0.3, 0.4) is 0 Å². The lowest BCUT2D eigenvalue weighted by atomic mass is 10.2. The standard InChI is InChI=1S/C16H14F4N2O3S/c1-26(24,25)22(16-11(18)3-2-4-12(16)19)8-7-15(23)21-14-6-5-10(17)9-13(14)20/h2-6,9H,7-8H2,1H3,(H,21,23). The lowest BCUT2D eigenvalue weighted by molar-refractivity contribution is -0.116. The Labute approximate surface area is 147 Å². The van der Waals surface area contributed by atoms with Crippen molar-refractivity contribution in [2.75, 3.05) is 22.4 Å². The Morgan fingerprint density at radius 1 is 1.04 bits per heavy atom. The molecule has 0 heterocycles. The van der Waals surface area contributed by atoms with Gasteiger partial charge in [0.1, 0.15) is 17.3 Å². The molecule has 2 aromatic carbocycles. The molecule has 2 rings (SSSR count). The first-order chi connectivity index (χ1) is 12.1. The van der Waals surface area contributed by atoms with Crippen molar-refractivity contribution in [2.45, 2.75) is 6.42 Å². The fourth-order valence-electron chi connectivity index (χ4n) is 2.18. The number of hydrogen-bond donors (Lipinski definition) is 1. The van der Waals surface area contributed by atoms with Gasteiger partial charge in [0.05, 0.1) is 11.9 Å². The number of rotatable bonds is 6. The molecule has 1 N–H and O–H groups in total. The highest BCUT2D eigenvalue weighted by molar-refractivity contribution is 7.92. The summed E-state index contributed by atoms with van der Waals surface area (Å²) in [6.07, 6.45) is 0.216. The van der Waals surface area contributed by atoms with Gasteiger partial charge >= 0.3 is 0 Å². The fourth-order valence-corrected chi connectivity index (χ4v) is 3.11. The molecule has 0 saturated carbocycles.